The van der Waals surface area contributed by atoms with Crippen molar-refractivity contribution < 1.29 is 19.8 Å². The summed E-state index contributed by atoms with van der Waals surface area (Å²) < 4.78 is 0. The summed E-state index contributed by atoms with van der Waals surface area (Å²) in [6, 6.07) is 4.16. The normalized spacial score (nSPS) is 11.2. The van der Waals surface area contributed by atoms with Gasteiger partial charge in [-0.1, -0.05) is 11.6 Å². The van der Waals surface area contributed by atoms with Gasteiger partial charge in [-0.05, 0) is 18.2 Å². The number of anilines is 1. The van der Waals surface area contributed by atoms with Crippen LogP contribution in [-0.2, 0) is 4.79 Å². The van der Waals surface area contributed by atoms with Crippen LogP contribution in [0.3, 0.4) is 0 Å². The van der Waals surface area contributed by atoms with Crippen LogP contribution in [0.25, 0.3) is 0 Å². The number of aliphatic hydroxyl groups is 1. The van der Waals surface area contributed by atoms with Crippen LogP contribution in [0.4, 0.5) is 10.5 Å². The Morgan fingerprint density at radius 1 is 1.45 bits per heavy atom. The minimum absolute atomic E-state index is 0.122. The molecule has 1 unspecified atom stereocenters. The van der Waals surface area contributed by atoms with Gasteiger partial charge in [0, 0.05) is 18.1 Å². The number of aliphatic carboxylic acids is 1. The van der Waals surface area contributed by atoms with Crippen molar-refractivity contribution in [2.24, 2.45) is 0 Å². The van der Waals surface area contributed by atoms with Gasteiger partial charge in [0.05, 0.1) is 11.3 Å². The number of halogens is 1. The highest BCUT2D eigenvalue weighted by atomic mass is 35.5. The van der Waals surface area contributed by atoms with E-state index in [1.807, 2.05) is 6.07 Å². The summed E-state index contributed by atoms with van der Waals surface area (Å²) in [5.74, 6) is -1.26. The van der Waals surface area contributed by atoms with E-state index in [4.69, 9.17) is 27.1 Å². The van der Waals surface area contributed by atoms with Gasteiger partial charge >= 0.3 is 12.0 Å². The highest BCUT2D eigenvalue weighted by molar-refractivity contribution is 6.31. The number of amides is 2. The molecule has 1 aromatic carbocycles. The molecule has 0 saturated carbocycles. The van der Waals surface area contributed by atoms with E-state index in [0.29, 0.717) is 5.02 Å². The molecule has 0 radical (unpaired) electrons. The number of rotatable bonds is 5. The minimum atomic E-state index is -1.26. The van der Waals surface area contributed by atoms with Crippen molar-refractivity contribution >= 4 is 29.3 Å². The van der Waals surface area contributed by atoms with Crippen molar-refractivity contribution in [2.75, 3.05) is 11.9 Å². The second-order valence-electron chi connectivity index (χ2n) is 3.80. The molecule has 0 bridgehead atoms. The van der Waals surface area contributed by atoms with Crippen LogP contribution in [0.2, 0.25) is 5.02 Å². The van der Waals surface area contributed by atoms with Crippen LogP contribution in [0.15, 0.2) is 18.2 Å². The van der Waals surface area contributed by atoms with Crippen molar-refractivity contribution in [3.05, 3.63) is 28.8 Å². The highest BCUT2D eigenvalue weighted by Crippen LogP contribution is 2.20. The summed E-state index contributed by atoms with van der Waals surface area (Å²) in [7, 11) is 0. The molecule has 4 N–H and O–H groups in total. The van der Waals surface area contributed by atoms with Crippen LogP contribution in [0.5, 0.6) is 0 Å². The summed E-state index contributed by atoms with van der Waals surface area (Å²) in [6.07, 6.45) is -0.122. The third-order valence-corrected chi connectivity index (χ3v) is 2.61. The lowest BCUT2D eigenvalue weighted by atomic mass is 10.2. The first-order chi connectivity index (χ1) is 9.47. The van der Waals surface area contributed by atoms with E-state index in [-0.39, 0.29) is 24.3 Å². The lowest BCUT2D eigenvalue weighted by molar-refractivity contribution is -0.139. The molecule has 1 rings (SSSR count). The van der Waals surface area contributed by atoms with Gasteiger partial charge in [0.25, 0.3) is 0 Å². The molecule has 106 valence electrons. The summed E-state index contributed by atoms with van der Waals surface area (Å²) in [6.45, 7) is -0.377. The molecule has 0 fully saturated rings. The zero-order valence-corrected chi connectivity index (χ0v) is 11.0. The molecule has 0 aliphatic heterocycles. The number of hydrogen-bond acceptors (Lipinski definition) is 4. The van der Waals surface area contributed by atoms with Crippen molar-refractivity contribution in [1.29, 1.82) is 5.26 Å². The first kappa shape index (κ1) is 15.8. The Labute approximate surface area is 119 Å². The zero-order valence-electron chi connectivity index (χ0n) is 10.3. The average molecular weight is 298 g/mol. The maximum Gasteiger partial charge on any atom is 0.326 e. The van der Waals surface area contributed by atoms with Gasteiger partial charge in [0.2, 0.25) is 0 Å². The van der Waals surface area contributed by atoms with Gasteiger partial charge in [0.15, 0.2) is 0 Å². The van der Waals surface area contributed by atoms with Gasteiger partial charge < -0.3 is 20.8 Å². The third-order valence-electron chi connectivity index (χ3n) is 2.37. The number of nitriles is 1. The number of carboxylic acids is 1. The second kappa shape index (κ2) is 7.33. The standard InChI is InChI=1S/C12H12ClN3O4/c13-8-2-1-7(6-14)10(5-8)16-12(20)15-9(3-4-17)11(18)19/h1-2,5,9,17H,3-4H2,(H,18,19)(H2,15,16,20). The van der Waals surface area contributed by atoms with E-state index in [1.54, 1.807) is 0 Å². The predicted molar refractivity (Wildman–Crippen MR) is 71.4 cm³/mol. The zero-order chi connectivity index (χ0) is 15.1. The molecular weight excluding hydrogens is 286 g/mol. The summed E-state index contributed by atoms with van der Waals surface area (Å²) in [5, 5.41) is 31.3. The van der Waals surface area contributed by atoms with Crippen LogP contribution in [0, 0.1) is 11.3 Å². The molecule has 1 aromatic rings. The first-order valence-electron chi connectivity index (χ1n) is 5.58. The Balaban J connectivity index is 2.78. The van der Waals surface area contributed by atoms with E-state index in [0.717, 1.165) is 0 Å². The monoisotopic (exact) mass is 297 g/mol. The van der Waals surface area contributed by atoms with E-state index in [1.165, 1.54) is 18.2 Å². The second-order valence-corrected chi connectivity index (χ2v) is 4.24. The largest absolute Gasteiger partial charge is 0.480 e. The van der Waals surface area contributed by atoms with Crippen molar-refractivity contribution in [3.63, 3.8) is 0 Å². The van der Waals surface area contributed by atoms with Crippen LogP contribution in [0.1, 0.15) is 12.0 Å². The Morgan fingerprint density at radius 3 is 2.70 bits per heavy atom. The number of urea groups is 1. The Hall–Kier alpha value is -2.30. The number of benzene rings is 1. The quantitative estimate of drug-likeness (QED) is 0.649. The average Bonchev–Trinajstić information content (AvgIpc) is 2.38. The molecule has 0 aromatic heterocycles. The van der Waals surface area contributed by atoms with Crippen molar-refractivity contribution in [1.82, 2.24) is 5.32 Å². The predicted octanol–water partition coefficient (Wildman–Crippen LogP) is 1.17. The molecule has 0 aliphatic carbocycles. The minimum Gasteiger partial charge on any atom is -0.480 e. The molecule has 0 heterocycles. The highest BCUT2D eigenvalue weighted by Gasteiger charge is 2.19. The Bertz CT molecular complexity index is 556. The van der Waals surface area contributed by atoms with Crippen molar-refractivity contribution in [2.45, 2.75) is 12.5 Å². The number of nitrogens with one attached hydrogen (secondary N) is 2. The Kier molecular flexibility index (Phi) is 5.77. The summed E-state index contributed by atoms with van der Waals surface area (Å²) >= 11 is 5.75. The SMILES string of the molecule is N#Cc1ccc(Cl)cc1NC(=O)NC(CCO)C(=O)O. The summed E-state index contributed by atoms with van der Waals surface area (Å²) in [5.41, 5.74) is 0.365. The molecular formula is C12H12ClN3O4. The number of carbonyl (C=O) groups excluding carboxylic acids is 1. The fourth-order valence-electron chi connectivity index (χ4n) is 1.42. The molecule has 0 saturated heterocycles. The smallest absolute Gasteiger partial charge is 0.326 e. The molecule has 2 amide bonds. The number of nitrogens with zero attached hydrogens (tertiary/aromatic N) is 1. The van der Waals surface area contributed by atoms with Gasteiger partial charge in [-0.25, -0.2) is 9.59 Å². The van der Waals surface area contributed by atoms with E-state index in [9.17, 15) is 9.59 Å². The molecule has 0 spiro atoms. The molecule has 1 atom stereocenters. The topological polar surface area (TPSA) is 122 Å². The molecule has 0 aliphatic rings. The summed E-state index contributed by atoms with van der Waals surface area (Å²) in [4.78, 5) is 22.5. The van der Waals surface area contributed by atoms with Gasteiger partial charge in [-0.3, -0.25) is 0 Å². The molecule has 20 heavy (non-hydrogen) atoms. The maximum atomic E-state index is 11.7. The van der Waals surface area contributed by atoms with Crippen molar-refractivity contribution in [3.8, 4) is 6.07 Å². The maximum absolute atomic E-state index is 11.7. The fraction of sp³-hybridized carbons (Fsp3) is 0.250. The molecule has 7 nitrogen and oxygen atoms in total. The lowest BCUT2D eigenvalue weighted by Gasteiger charge is -2.14. The lowest BCUT2D eigenvalue weighted by Crippen LogP contribution is -2.43. The van der Waals surface area contributed by atoms with Crippen LogP contribution < -0.4 is 10.6 Å². The number of carboxylic acid groups (broad SMARTS) is 1. The van der Waals surface area contributed by atoms with E-state index < -0.39 is 18.0 Å². The van der Waals surface area contributed by atoms with Gasteiger partial charge in [-0.2, -0.15) is 5.26 Å². The van der Waals surface area contributed by atoms with Gasteiger partial charge in [-0.15, -0.1) is 0 Å². The first-order valence-corrected chi connectivity index (χ1v) is 5.96. The van der Waals surface area contributed by atoms with E-state index in [2.05, 4.69) is 10.6 Å². The van der Waals surface area contributed by atoms with Crippen LogP contribution in [-0.4, -0.2) is 34.9 Å². The number of hydrogen-bond donors (Lipinski definition) is 4. The van der Waals surface area contributed by atoms with E-state index >= 15 is 0 Å². The number of aliphatic hydroxyl groups excluding tert-OH is 1. The fourth-order valence-corrected chi connectivity index (χ4v) is 1.59. The van der Waals surface area contributed by atoms with Crippen LogP contribution >= 0.6 is 11.6 Å². The third kappa shape index (κ3) is 4.42. The Morgan fingerprint density at radius 2 is 2.15 bits per heavy atom. The van der Waals surface area contributed by atoms with Gasteiger partial charge in [0.1, 0.15) is 12.1 Å². The molecule has 8 heteroatoms. The number of carbonyl (C=O) groups is 2.